The summed E-state index contributed by atoms with van der Waals surface area (Å²) >= 11 is 0. The molecule has 0 aliphatic carbocycles. The van der Waals surface area contributed by atoms with Crippen molar-refractivity contribution in [1.82, 2.24) is 24.5 Å². The average molecular weight is 292 g/mol. The zero-order valence-corrected chi connectivity index (χ0v) is 13.3. The fourth-order valence-electron chi connectivity index (χ4n) is 2.57. The van der Waals surface area contributed by atoms with Gasteiger partial charge in [-0.25, -0.2) is 19.3 Å². The van der Waals surface area contributed by atoms with Gasteiger partial charge in [-0.15, -0.1) is 0 Å². The van der Waals surface area contributed by atoms with Crippen molar-refractivity contribution in [3.63, 3.8) is 0 Å². The minimum Gasteiger partial charge on any atom is -0.366 e. The average Bonchev–Trinajstić information content (AvgIpc) is 2.69. The van der Waals surface area contributed by atoms with E-state index in [2.05, 4.69) is 53.3 Å². The molecule has 0 aromatic carbocycles. The van der Waals surface area contributed by atoms with E-state index in [1.165, 1.54) is 4.40 Å². The van der Waals surface area contributed by atoms with E-state index >= 15 is 0 Å². The van der Waals surface area contributed by atoms with Gasteiger partial charge in [-0.2, -0.15) is 5.10 Å². The second-order valence-electron chi connectivity index (χ2n) is 6.14. The number of hydrogen-bond donors (Lipinski definition) is 2. The standard InChI is InChI=1S/C14H24N6O/c1-9(2)6-11(8-19(4)5)16-12-7-13-17-18-14(21)20(13)10(3)15-12/h7,9,11,16H,6,8H2,1-5H3,(H,18,21). The summed E-state index contributed by atoms with van der Waals surface area (Å²) in [7, 11) is 4.12. The summed E-state index contributed by atoms with van der Waals surface area (Å²) in [5.74, 6) is 1.98. The van der Waals surface area contributed by atoms with Crippen molar-refractivity contribution in [1.29, 1.82) is 0 Å². The number of aryl methyl sites for hydroxylation is 1. The van der Waals surface area contributed by atoms with Crippen LogP contribution in [-0.4, -0.2) is 51.2 Å². The lowest BCUT2D eigenvalue weighted by Crippen LogP contribution is -2.34. The Morgan fingerprint density at radius 3 is 2.76 bits per heavy atom. The smallest absolute Gasteiger partial charge is 0.349 e. The number of H-pyrrole nitrogens is 1. The van der Waals surface area contributed by atoms with Crippen LogP contribution in [0.15, 0.2) is 10.9 Å². The van der Waals surface area contributed by atoms with Crippen molar-refractivity contribution in [2.24, 2.45) is 5.92 Å². The predicted octanol–water partition coefficient (Wildman–Crippen LogP) is 1.11. The Labute approximate surface area is 124 Å². The van der Waals surface area contributed by atoms with Crippen LogP contribution in [0.5, 0.6) is 0 Å². The molecule has 2 heterocycles. The molecule has 1 atom stereocenters. The van der Waals surface area contributed by atoms with Gasteiger partial charge in [0.15, 0.2) is 5.65 Å². The van der Waals surface area contributed by atoms with E-state index in [4.69, 9.17) is 0 Å². The first-order valence-electron chi connectivity index (χ1n) is 7.23. The fourth-order valence-corrected chi connectivity index (χ4v) is 2.57. The van der Waals surface area contributed by atoms with Crippen molar-refractivity contribution >= 4 is 11.5 Å². The molecule has 0 radical (unpaired) electrons. The van der Waals surface area contributed by atoms with Gasteiger partial charge in [0, 0.05) is 18.7 Å². The van der Waals surface area contributed by atoms with Gasteiger partial charge < -0.3 is 10.2 Å². The first-order valence-corrected chi connectivity index (χ1v) is 7.23. The quantitative estimate of drug-likeness (QED) is 0.834. The molecule has 7 heteroatoms. The third kappa shape index (κ3) is 3.81. The summed E-state index contributed by atoms with van der Waals surface area (Å²) < 4.78 is 1.47. The number of hydrogen-bond acceptors (Lipinski definition) is 5. The number of anilines is 1. The highest BCUT2D eigenvalue weighted by Gasteiger charge is 2.14. The SMILES string of the molecule is Cc1nc(NC(CC(C)C)CN(C)C)cc2n[nH]c(=O)n12. The van der Waals surface area contributed by atoms with Gasteiger partial charge in [0.05, 0.1) is 0 Å². The third-order valence-corrected chi connectivity index (χ3v) is 3.26. The molecule has 2 aromatic rings. The maximum atomic E-state index is 11.6. The highest BCUT2D eigenvalue weighted by atomic mass is 16.1. The van der Waals surface area contributed by atoms with E-state index in [0.717, 1.165) is 18.8 Å². The van der Waals surface area contributed by atoms with Crippen LogP contribution >= 0.6 is 0 Å². The zero-order chi connectivity index (χ0) is 15.6. The van der Waals surface area contributed by atoms with Gasteiger partial charge in [-0.05, 0) is 33.4 Å². The molecule has 1 unspecified atom stereocenters. The fraction of sp³-hybridized carbons (Fsp3) is 0.643. The second kappa shape index (κ2) is 6.26. The molecule has 7 nitrogen and oxygen atoms in total. The predicted molar refractivity (Wildman–Crippen MR) is 83.8 cm³/mol. The van der Waals surface area contributed by atoms with Gasteiger partial charge in [-0.1, -0.05) is 13.8 Å². The van der Waals surface area contributed by atoms with Crippen molar-refractivity contribution in [2.75, 3.05) is 26.0 Å². The highest BCUT2D eigenvalue weighted by molar-refractivity contribution is 5.50. The normalized spacial score (nSPS) is 13.3. The third-order valence-electron chi connectivity index (χ3n) is 3.26. The van der Waals surface area contributed by atoms with Crippen LogP contribution in [0, 0.1) is 12.8 Å². The Balaban J connectivity index is 2.25. The lowest BCUT2D eigenvalue weighted by Gasteiger charge is -2.24. The molecule has 21 heavy (non-hydrogen) atoms. The monoisotopic (exact) mass is 292 g/mol. The summed E-state index contributed by atoms with van der Waals surface area (Å²) in [6, 6.07) is 2.11. The molecule has 2 aromatic heterocycles. The molecule has 0 bridgehead atoms. The molecule has 0 aliphatic heterocycles. The Kier molecular flexibility index (Phi) is 4.62. The number of nitrogens with one attached hydrogen (secondary N) is 2. The van der Waals surface area contributed by atoms with E-state index in [-0.39, 0.29) is 5.69 Å². The van der Waals surface area contributed by atoms with Crippen molar-refractivity contribution < 1.29 is 0 Å². The van der Waals surface area contributed by atoms with E-state index in [1.807, 2.05) is 0 Å². The van der Waals surface area contributed by atoms with Crippen molar-refractivity contribution in [2.45, 2.75) is 33.2 Å². The molecule has 0 amide bonds. The summed E-state index contributed by atoms with van der Waals surface area (Å²) in [6.07, 6.45) is 1.05. The van der Waals surface area contributed by atoms with E-state index < -0.39 is 0 Å². The van der Waals surface area contributed by atoms with Crippen LogP contribution in [0.4, 0.5) is 5.82 Å². The molecule has 2 N–H and O–H groups in total. The lowest BCUT2D eigenvalue weighted by atomic mass is 10.0. The Bertz CT molecular complexity index is 647. The van der Waals surface area contributed by atoms with Gasteiger partial charge in [0.25, 0.3) is 0 Å². The van der Waals surface area contributed by atoms with E-state index in [9.17, 15) is 4.79 Å². The molecule has 2 rings (SSSR count). The topological polar surface area (TPSA) is 78.3 Å². The largest absolute Gasteiger partial charge is 0.366 e. The van der Waals surface area contributed by atoms with Gasteiger partial charge in [0.2, 0.25) is 0 Å². The second-order valence-corrected chi connectivity index (χ2v) is 6.14. The van der Waals surface area contributed by atoms with Crippen LogP contribution in [-0.2, 0) is 0 Å². The van der Waals surface area contributed by atoms with Crippen LogP contribution in [0.25, 0.3) is 5.65 Å². The maximum Gasteiger partial charge on any atom is 0.349 e. The Morgan fingerprint density at radius 1 is 1.43 bits per heavy atom. The molecular formula is C14H24N6O. The van der Waals surface area contributed by atoms with E-state index in [1.54, 1.807) is 13.0 Å². The van der Waals surface area contributed by atoms with Crippen LogP contribution in [0.2, 0.25) is 0 Å². The lowest BCUT2D eigenvalue weighted by molar-refractivity contribution is 0.356. The first kappa shape index (κ1) is 15.5. The minimum absolute atomic E-state index is 0.256. The molecule has 0 saturated carbocycles. The summed E-state index contributed by atoms with van der Waals surface area (Å²) in [4.78, 5) is 18.2. The molecule has 0 saturated heterocycles. The van der Waals surface area contributed by atoms with Crippen LogP contribution in [0.3, 0.4) is 0 Å². The van der Waals surface area contributed by atoms with Crippen molar-refractivity contribution in [3.8, 4) is 0 Å². The number of aromatic nitrogens is 4. The molecule has 0 aliphatic rings. The molecule has 0 spiro atoms. The minimum atomic E-state index is -0.256. The summed E-state index contributed by atoms with van der Waals surface area (Å²) in [5.41, 5.74) is 0.330. The number of likely N-dealkylation sites (N-methyl/N-ethyl adjacent to an activating group) is 1. The number of rotatable bonds is 6. The van der Waals surface area contributed by atoms with Crippen LogP contribution < -0.4 is 11.0 Å². The van der Waals surface area contributed by atoms with Gasteiger partial charge >= 0.3 is 5.69 Å². The first-order chi connectivity index (χ1) is 9.86. The molecule has 0 fully saturated rings. The molecule has 116 valence electrons. The maximum absolute atomic E-state index is 11.6. The highest BCUT2D eigenvalue weighted by Crippen LogP contribution is 2.14. The van der Waals surface area contributed by atoms with Gasteiger partial charge in [0.1, 0.15) is 11.6 Å². The van der Waals surface area contributed by atoms with Crippen molar-refractivity contribution in [3.05, 3.63) is 22.4 Å². The number of nitrogens with zero attached hydrogens (tertiary/aromatic N) is 4. The zero-order valence-electron chi connectivity index (χ0n) is 13.3. The Morgan fingerprint density at radius 2 is 2.14 bits per heavy atom. The molecular weight excluding hydrogens is 268 g/mol. The summed E-state index contributed by atoms with van der Waals surface area (Å²) in [6.45, 7) is 7.15. The van der Waals surface area contributed by atoms with E-state index in [0.29, 0.717) is 23.4 Å². The van der Waals surface area contributed by atoms with Crippen LogP contribution in [0.1, 0.15) is 26.1 Å². The number of aromatic amines is 1. The Hall–Kier alpha value is -1.89. The van der Waals surface area contributed by atoms with Gasteiger partial charge in [-0.3, -0.25) is 0 Å². The number of fused-ring (bicyclic) bond motifs is 1. The summed E-state index contributed by atoms with van der Waals surface area (Å²) in [5, 5.41) is 9.91.